The van der Waals surface area contributed by atoms with E-state index in [0.29, 0.717) is 18.7 Å². The maximum absolute atomic E-state index is 12.4. The lowest BCUT2D eigenvalue weighted by Gasteiger charge is -2.35. The number of hydrogen-bond acceptors (Lipinski definition) is 4. The number of rotatable bonds is 8. The first-order valence-corrected chi connectivity index (χ1v) is 10.2. The van der Waals surface area contributed by atoms with E-state index in [2.05, 4.69) is 4.74 Å². The molecule has 0 unspecified atom stereocenters. The second-order valence-corrected chi connectivity index (χ2v) is 11.0. The van der Waals surface area contributed by atoms with Gasteiger partial charge in [-0.15, -0.1) is 0 Å². The van der Waals surface area contributed by atoms with Crippen molar-refractivity contribution in [2.75, 3.05) is 12.3 Å². The Balaban J connectivity index is 2.58. The van der Waals surface area contributed by atoms with E-state index in [1.807, 2.05) is 26.9 Å². The van der Waals surface area contributed by atoms with Crippen molar-refractivity contribution < 1.29 is 23.1 Å². The van der Waals surface area contributed by atoms with Gasteiger partial charge in [0.15, 0.2) is 19.8 Å². The molecule has 0 fully saturated rings. The van der Waals surface area contributed by atoms with Gasteiger partial charge in [-0.05, 0) is 43.1 Å². The number of ether oxygens (including phenoxy) is 2. The van der Waals surface area contributed by atoms with Crippen LogP contribution >= 0.6 is 0 Å². The average Bonchev–Trinajstić information content (AvgIpc) is 2.34. The van der Waals surface area contributed by atoms with E-state index in [1.54, 1.807) is 6.07 Å². The number of halogens is 2. The predicted molar refractivity (Wildman–Crippen MR) is 86.0 cm³/mol. The zero-order chi connectivity index (χ0) is 17.0. The molecule has 0 aliphatic heterocycles. The molecule has 4 nitrogen and oxygen atoms in total. The Morgan fingerprint density at radius 2 is 1.91 bits per heavy atom. The molecule has 1 aromatic carbocycles. The lowest BCUT2D eigenvalue weighted by atomic mass is 10.1. The van der Waals surface area contributed by atoms with Gasteiger partial charge >= 0.3 is 6.61 Å². The zero-order valence-electron chi connectivity index (χ0n) is 13.5. The van der Waals surface area contributed by atoms with Gasteiger partial charge in [-0.1, -0.05) is 13.8 Å². The summed E-state index contributed by atoms with van der Waals surface area (Å²) in [5.74, 6) is 0.180. The highest BCUT2D eigenvalue weighted by atomic mass is 28.4. The quantitative estimate of drug-likeness (QED) is 0.429. The molecule has 7 heteroatoms. The van der Waals surface area contributed by atoms with Crippen molar-refractivity contribution in [2.24, 2.45) is 0 Å². The lowest BCUT2D eigenvalue weighted by Crippen LogP contribution is -2.39. The molecule has 3 N–H and O–H groups in total. The second-order valence-electron chi connectivity index (χ2n) is 6.48. The molecule has 0 bridgehead atoms. The van der Waals surface area contributed by atoms with Crippen LogP contribution in [-0.2, 0) is 0 Å². The van der Waals surface area contributed by atoms with E-state index in [9.17, 15) is 13.6 Å². The minimum absolute atomic E-state index is 0.0638. The van der Waals surface area contributed by atoms with Crippen molar-refractivity contribution in [3.63, 3.8) is 0 Å². The van der Waals surface area contributed by atoms with Gasteiger partial charge in [-0.2, -0.15) is 8.78 Å². The standard InChI is InChI=1S/C15H25F2NO3Si/c1-15(2,22(3,4)19)8-5-9-20-12-7-6-11(18)10-13(12)21-14(16)17/h6-7,10,14,19H,5,8-9,18H2,1-4H3. The summed E-state index contributed by atoms with van der Waals surface area (Å²) in [6.45, 7) is 5.31. The van der Waals surface area contributed by atoms with Crippen molar-refractivity contribution in [2.45, 2.75) is 51.4 Å². The number of nitrogen functional groups attached to an aromatic ring is 1. The molecule has 0 saturated carbocycles. The summed E-state index contributed by atoms with van der Waals surface area (Å²) in [6, 6.07) is 4.40. The van der Waals surface area contributed by atoms with Crippen molar-refractivity contribution >= 4 is 14.0 Å². The van der Waals surface area contributed by atoms with E-state index >= 15 is 0 Å². The van der Waals surface area contributed by atoms with Crippen molar-refractivity contribution in [1.29, 1.82) is 0 Å². The Hall–Kier alpha value is -1.34. The largest absolute Gasteiger partial charge is 0.490 e. The Kier molecular flexibility index (Phi) is 6.19. The van der Waals surface area contributed by atoms with Crippen LogP contribution in [0, 0.1) is 0 Å². The summed E-state index contributed by atoms with van der Waals surface area (Å²) in [5.41, 5.74) is 5.89. The lowest BCUT2D eigenvalue weighted by molar-refractivity contribution is -0.0514. The van der Waals surface area contributed by atoms with Gasteiger partial charge in [0.1, 0.15) is 0 Å². The van der Waals surface area contributed by atoms with Crippen LogP contribution in [-0.4, -0.2) is 26.3 Å². The first-order chi connectivity index (χ1) is 10.0. The van der Waals surface area contributed by atoms with Crippen LogP contribution in [0.1, 0.15) is 26.7 Å². The van der Waals surface area contributed by atoms with Gasteiger partial charge in [-0.3, -0.25) is 0 Å². The van der Waals surface area contributed by atoms with E-state index in [4.69, 9.17) is 10.5 Å². The molecule has 126 valence electrons. The summed E-state index contributed by atoms with van der Waals surface area (Å²) < 4.78 is 34.7. The predicted octanol–water partition coefficient (Wildman–Crippen LogP) is 4.01. The van der Waals surface area contributed by atoms with Crippen molar-refractivity contribution in [1.82, 2.24) is 0 Å². The maximum atomic E-state index is 12.4. The molecule has 0 saturated heterocycles. The maximum Gasteiger partial charge on any atom is 0.387 e. The number of hydrogen-bond donors (Lipinski definition) is 2. The number of anilines is 1. The van der Waals surface area contributed by atoms with Crippen LogP contribution in [0.2, 0.25) is 18.1 Å². The molecule has 0 aliphatic rings. The van der Waals surface area contributed by atoms with Gasteiger partial charge in [-0.25, -0.2) is 0 Å². The molecule has 22 heavy (non-hydrogen) atoms. The third kappa shape index (κ3) is 5.45. The normalized spacial score (nSPS) is 12.5. The van der Waals surface area contributed by atoms with Crippen LogP contribution in [0.3, 0.4) is 0 Å². The van der Waals surface area contributed by atoms with Crippen molar-refractivity contribution in [3.05, 3.63) is 18.2 Å². The first kappa shape index (κ1) is 18.7. The first-order valence-electron chi connectivity index (χ1n) is 7.22. The minimum atomic E-state index is -2.93. The third-order valence-electron chi connectivity index (χ3n) is 4.04. The fraction of sp³-hybridized carbons (Fsp3) is 0.600. The second kappa shape index (κ2) is 7.28. The SMILES string of the molecule is CC(C)(CCCOc1ccc(N)cc1OC(F)F)[Si](C)(C)O. The van der Waals surface area contributed by atoms with E-state index in [0.717, 1.165) is 6.42 Å². The van der Waals surface area contributed by atoms with Gasteiger partial charge in [0, 0.05) is 11.8 Å². The van der Waals surface area contributed by atoms with E-state index in [-0.39, 0.29) is 16.5 Å². The monoisotopic (exact) mass is 333 g/mol. The molecule has 1 aromatic rings. The molecule has 0 aromatic heterocycles. The van der Waals surface area contributed by atoms with Crippen LogP contribution in [0.15, 0.2) is 18.2 Å². The number of nitrogens with two attached hydrogens (primary N) is 1. The van der Waals surface area contributed by atoms with Crippen LogP contribution in [0.4, 0.5) is 14.5 Å². The highest BCUT2D eigenvalue weighted by molar-refractivity contribution is 6.72. The Morgan fingerprint density at radius 1 is 1.27 bits per heavy atom. The molecule has 0 aliphatic carbocycles. The fourth-order valence-electron chi connectivity index (χ4n) is 1.83. The smallest absolute Gasteiger partial charge is 0.387 e. The zero-order valence-corrected chi connectivity index (χ0v) is 14.5. The molecule has 0 spiro atoms. The number of alkyl halides is 2. The summed E-state index contributed by atoms with van der Waals surface area (Å²) in [7, 11) is -2.25. The molecular weight excluding hydrogens is 308 g/mol. The van der Waals surface area contributed by atoms with Gasteiger partial charge in [0.2, 0.25) is 0 Å². The Morgan fingerprint density at radius 3 is 2.45 bits per heavy atom. The highest BCUT2D eigenvalue weighted by Gasteiger charge is 2.37. The van der Waals surface area contributed by atoms with Gasteiger partial charge in [0.05, 0.1) is 6.61 Å². The molecular formula is C15H25F2NO3Si. The topological polar surface area (TPSA) is 64.7 Å². The molecule has 1 rings (SSSR count). The van der Waals surface area contributed by atoms with Crippen LogP contribution in [0.5, 0.6) is 11.5 Å². The Labute approximate surface area is 131 Å². The molecule has 0 atom stereocenters. The van der Waals surface area contributed by atoms with Crippen LogP contribution in [0.25, 0.3) is 0 Å². The molecule has 0 heterocycles. The Bertz CT molecular complexity index is 490. The molecule has 0 radical (unpaired) electrons. The van der Waals surface area contributed by atoms with Gasteiger partial charge < -0.3 is 20.0 Å². The van der Waals surface area contributed by atoms with E-state index < -0.39 is 14.9 Å². The minimum Gasteiger partial charge on any atom is -0.490 e. The average molecular weight is 333 g/mol. The number of benzene rings is 1. The summed E-state index contributed by atoms with van der Waals surface area (Å²) in [5, 5.41) is -0.139. The molecule has 0 amide bonds. The fourth-order valence-corrected chi connectivity index (χ4v) is 2.62. The van der Waals surface area contributed by atoms with Crippen LogP contribution < -0.4 is 15.2 Å². The third-order valence-corrected chi connectivity index (χ3v) is 7.61. The highest BCUT2D eigenvalue weighted by Crippen LogP contribution is 2.40. The summed E-state index contributed by atoms with van der Waals surface area (Å²) in [6.07, 6.45) is 1.51. The summed E-state index contributed by atoms with van der Waals surface area (Å²) >= 11 is 0. The van der Waals surface area contributed by atoms with Gasteiger partial charge in [0.25, 0.3) is 0 Å². The van der Waals surface area contributed by atoms with Crippen molar-refractivity contribution in [3.8, 4) is 11.5 Å². The summed E-state index contributed by atoms with van der Waals surface area (Å²) in [4.78, 5) is 10.2. The van der Waals surface area contributed by atoms with E-state index in [1.165, 1.54) is 12.1 Å².